The Morgan fingerprint density at radius 2 is 2.00 bits per heavy atom. The van der Waals surface area contributed by atoms with Crippen molar-refractivity contribution in [1.82, 2.24) is 15.5 Å². The molecule has 3 N–H and O–H groups in total. The lowest BCUT2D eigenvalue weighted by atomic mass is 10.1. The predicted octanol–water partition coefficient (Wildman–Crippen LogP) is -0.406. The van der Waals surface area contributed by atoms with E-state index < -0.39 is 17.2 Å². The third-order valence-electron chi connectivity index (χ3n) is 2.73. The van der Waals surface area contributed by atoms with Crippen LogP contribution in [0.4, 0.5) is 4.79 Å². The van der Waals surface area contributed by atoms with Crippen LogP contribution in [0.3, 0.4) is 0 Å². The molecule has 1 aliphatic heterocycles. The normalized spacial score (nSPS) is 18.5. The van der Waals surface area contributed by atoms with Crippen molar-refractivity contribution in [2.45, 2.75) is 45.3 Å². The number of nitrogens with zero attached hydrogens (tertiary/aromatic N) is 1. The summed E-state index contributed by atoms with van der Waals surface area (Å²) in [5.74, 6) is -0.653. The van der Waals surface area contributed by atoms with E-state index in [1.165, 1.54) is 0 Å². The van der Waals surface area contributed by atoms with Crippen molar-refractivity contribution in [2.24, 2.45) is 0 Å². The zero-order chi connectivity index (χ0) is 14.8. The highest BCUT2D eigenvalue weighted by Crippen LogP contribution is 2.16. The Kier molecular flexibility index (Phi) is 4.19. The Labute approximate surface area is 112 Å². The molecule has 19 heavy (non-hydrogen) atoms. The topological polar surface area (TPSA) is 98.7 Å². The molecule has 108 valence electrons. The third-order valence-corrected chi connectivity index (χ3v) is 2.73. The number of rotatable bonds is 5. The van der Waals surface area contributed by atoms with Gasteiger partial charge in [0.05, 0.1) is 5.60 Å². The summed E-state index contributed by atoms with van der Waals surface area (Å²) in [7, 11) is 0. The number of urea groups is 1. The molecule has 1 rings (SSSR count). The first-order valence-electron chi connectivity index (χ1n) is 6.16. The lowest BCUT2D eigenvalue weighted by Gasteiger charge is -2.18. The maximum atomic E-state index is 11.8. The molecule has 1 fully saturated rings. The average molecular weight is 271 g/mol. The minimum atomic E-state index is -0.988. The maximum Gasteiger partial charge on any atom is 0.325 e. The van der Waals surface area contributed by atoms with E-state index in [0.29, 0.717) is 0 Å². The number of carbonyl (C=O) groups is 3. The molecule has 7 nitrogen and oxygen atoms in total. The molecule has 1 saturated heterocycles. The van der Waals surface area contributed by atoms with Crippen molar-refractivity contribution in [3.63, 3.8) is 0 Å². The van der Waals surface area contributed by atoms with Crippen molar-refractivity contribution in [3.05, 3.63) is 0 Å². The summed E-state index contributed by atoms with van der Waals surface area (Å²) in [6.07, 6.45) is 0.0192. The highest BCUT2D eigenvalue weighted by Gasteiger charge is 2.43. The number of amides is 4. The van der Waals surface area contributed by atoms with E-state index in [-0.39, 0.29) is 31.3 Å². The smallest absolute Gasteiger partial charge is 0.325 e. The van der Waals surface area contributed by atoms with Crippen LogP contribution in [-0.2, 0) is 9.59 Å². The number of carbonyl (C=O) groups excluding carboxylic acids is 3. The Balaban J connectivity index is 2.43. The molecule has 0 spiro atoms. The van der Waals surface area contributed by atoms with Gasteiger partial charge in [-0.2, -0.15) is 0 Å². The van der Waals surface area contributed by atoms with Crippen molar-refractivity contribution in [1.29, 1.82) is 0 Å². The quantitative estimate of drug-likeness (QED) is 0.592. The molecular formula is C12H21N3O4. The van der Waals surface area contributed by atoms with Gasteiger partial charge < -0.3 is 15.7 Å². The zero-order valence-corrected chi connectivity index (χ0v) is 11.7. The summed E-state index contributed by atoms with van der Waals surface area (Å²) in [5.41, 5.74) is -1.90. The van der Waals surface area contributed by atoms with Gasteiger partial charge in [0.2, 0.25) is 5.91 Å². The fourth-order valence-electron chi connectivity index (χ4n) is 1.64. The number of imide groups is 1. The van der Waals surface area contributed by atoms with Gasteiger partial charge in [0.15, 0.2) is 0 Å². The third kappa shape index (κ3) is 4.20. The van der Waals surface area contributed by atoms with E-state index in [1.807, 2.05) is 0 Å². The molecule has 7 heteroatoms. The highest BCUT2D eigenvalue weighted by atomic mass is 16.3. The minimum Gasteiger partial charge on any atom is -0.389 e. The van der Waals surface area contributed by atoms with E-state index in [1.54, 1.807) is 27.7 Å². The largest absolute Gasteiger partial charge is 0.389 e. The van der Waals surface area contributed by atoms with E-state index in [4.69, 9.17) is 0 Å². The lowest BCUT2D eigenvalue weighted by Crippen LogP contribution is -2.41. The molecule has 0 aliphatic carbocycles. The Morgan fingerprint density at radius 3 is 2.42 bits per heavy atom. The van der Waals surface area contributed by atoms with Gasteiger partial charge in [-0.3, -0.25) is 14.5 Å². The van der Waals surface area contributed by atoms with Crippen molar-refractivity contribution < 1.29 is 19.5 Å². The summed E-state index contributed by atoms with van der Waals surface area (Å²) in [4.78, 5) is 36.0. The van der Waals surface area contributed by atoms with Gasteiger partial charge >= 0.3 is 6.03 Å². The number of aliphatic hydroxyl groups is 1. The lowest BCUT2D eigenvalue weighted by molar-refractivity contribution is -0.130. The standard InChI is InChI=1S/C12H21N3O4/c1-11(2,19)7-13-8(16)5-6-15-9(17)12(3,4)14-10(15)18/h19H,5-7H2,1-4H3,(H,13,16)(H,14,18). The molecule has 0 atom stereocenters. The fourth-order valence-corrected chi connectivity index (χ4v) is 1.64. The van der Waals surface area contributed by atoms with Gasteiger partial charge in [0.1, 0.15) is 5.54 Å². The molecule has 4 amide bonds. The van der Waals surface area contributed by atoms with E-state index in [0.717, 1.165) is 4.90 Å². The van der Waals surface area contributed by atoms with Crippen LogP contribution in [0.5, 0.6) is 0 Å². The van der Waals surface area contributed by atoms with Gasteiger partial charge in [-0.05, 0) is 27.7 Å². The van der Waals surface area contributed by atoms with E-state index in [2.05, 4.69) is 10.6 Å². The van der Waals surface area contributed by atoms with E-state index >= 15 is 0 Å². The first-order chi connectivity index (χ1) is 8.53. The molecule has 0 aromatic carbocycles. The second kappa shape index (κ2) is 5.16. The van der Waals surface area contributed by atoms with Crippen LogP contribution >= 0.6 is 0 Å². The van der Waals surface area contributed by atoms with Crippen molar-refractivity contribution in [3.8, 4) is 0 Å². The summed E-state index contributed by atoms with van der Waals surface area (Å²) in [6.45, 7) is 6.53. The van der Waals surface area contributed by atoms with Crippen LogP contribution in [0.15, 0.2) is 0 Å². The highest BCUT2D eigenvalue weighted by molar-refractivity contribution is 6.06. The fraction of sp³-hybridized carbons (Fsp3) is 0.750. The molecule has 0 unspecified atom stereocenters. The number of nitrogens with one attached hydrogen (secondary N) is 2. The first-order valence-corrected chi connectivity index (χ1v) is 6.16. The van der Waals surface area contributed by atoms with Crippen molar-refractivity contribution >= 4 is 17.8 Å². The van der Waals surface area contributed by atoms with Crippen LogP contribution in [0, 0.1) is 0 Å². The minimum absolute atomic E-state index is 0.0192. The van der Waals surface area contributed by atoms with Crippen LogP contribution in [0.1, 0.15) is 34.1 Å². The average Bonchev–Trinajstić information content (AvgIpc) is 2.42. The van der Waals surface area contributed by atoms with Crippen LogP contribution < -0.4 is 10.6 Å². The molecule has 0 radical (unpaired) electrons. The summed E-state index contributed by atoms with van der Waals surface area (Å²) >= 11 is 0. The zero-order valence-electron chi connectivity index (χ0n) is 11.7. The molecule has 0 aromatic rings. The second-order valence-corrected chi connectivity index (χ2v) is 5.85. The van der Waals surface area contributed by atoms with Crippen LogP contribution in [0.25, 0.3) is 0 Å². The second-order valence-electron chi connectivity index (χ2n) is 5.85. The summed E-state index contributed by atoms with van der Waals surface area (Å²) in [6, 6.07) is -0.481. The molecule has 0 aromatic heterocycles. The monoisotopic (exact) mass is 271 g/mol. The van der Waals surface area contributed by atoms with E-state index in [9.17, 15) is 19.5 Å². The number of hydrogen-bond donors (Lipinski definition) is 3. The van der Waals surface area contributed by atoms with Gasteiger partial charge in [0, 0.05) is 19.5 Å². The summed E-state index contributed by atoms with van der Waals surface area (Å²) in [5, 5.41) is 14.5. The van der Waals surface area contributed by atoms with Gasteiger partial charge in [0.25, 0.3) is 5.91 Å². The molecule has 0 bridgehead atoms. The number of hydrogen-bond acceptors (Lipinski definition) is 4. The first kappa shape index (κ1) is 15.4. The van der Waals surface area contributed by atoms with Gasteiger partial charge in [-0.1, -0.05) is 0 Å². The van der Waals surface area contributed by atoms with Gasteiger partial charge in [-0.25, -0.2) is 4.79 Å². The predicted molar refractivity (Wildman–Crippen MR) is 68.2 cm³/mol. The Morgan fingerprint density at radius 1 is 1.42 bits per heavy atom. The Hall–Kier alpha value is -1.63. The van der Waals surface area contributed by atoms with Gasteiger partial charge in [-0.15, -0.1) is 0 Å². The summed E-state index contributed by atoms with van der Waals surface area (Å²) < 4.78 is 0. The SMILES string of the molecule is CC(C)(O)CNC(=O)CCN1C(=O)NC(C)(C)C1=O. The molecule has 1 heterocycles. The molecular weight excluding hydrogens is 250 g/mol. The maximum absolute atomic E-state index is 11.8. The molecule has 0 saturated carbocycles. The van der Waals surface area contributed by atoms with Crippen LogP contribution in [-0.4, -0.2) is 52.1 Å². The van der Waals surface area contributed by atoms with Crippen molar-refractivity contribution in [2.75, 3.05) is 13.1 Å². The van der Waals surface area contributed by atoms with Crippen LogP contribution in [0.2, 0.25) is 0 Å². The Bertz CT molecular complexity index is 398. The molecule has 1 aliphatic rings.